The summed E-state index contributed by atoms with van der Waals surface area (Å²) >= 11 is 5.62. The van der Waals surface area contributed by atoms with Crippen LogP contribution in [0.25, 0.3) is 0 Å². The van der Waals surface area contributed by atoms with E-state index < -0.39 is 5.91 Å². The van der Waals surface area contributed by atoms with Gasteiger partial charge in [-0.2, -0.15) is 0 Å². The zero-order valence-electron chi connectivity index (χ0n) is 6.08. The van der Waals surface area contributed by atoms with Gasteiger partial charge in [0, 0.05) is 10.6 Å². The molecule has 1 aromatic rings. The van der Waals surface area contributed by atoms with Gasteiger partial charge in [-0.3, -0.25) is 14.9 Å². The Bertz CT molecular complexity index is 312. The summed E-state index contributed by atoms with van der Waals surface area (Å²) in [5.41, 5.74) is 0.370. The molecule has 0 saturated heterocycles. The molecule has 4 heteroatoms. The Morgan fingerprint density at radius 3 is 2.83 bits per heavy atom. The van der Waals surface area contributed by atoms with Gasteiger partial charge in [-0.1, -0.05) is 17.7 Å². The standard InChI is InChI=1S/C8H6ClNO2/c9-7-3-1-2-6(4-7)8(12)10-5-11/h1-5H,(H,10,11,12). The van der Waals surface area contributed by atoms with Gasteiger partial charge < -0.3 is 0 Å². The van der Waals surface area contributed by atoms with Crippen LogP contribution in [0.4, 0.5) is 0 Å². The van der Waals surface area contributed by atoms with E-state index in [1.807, 2.05) is 5.32 Å². The highest BCUT2D eigenvalue weighted by atomic mass is 35.5. The topological polar surface area (TPSA) is 46.2 Å². The van der Waals surface area contributed by atoms with E-state index in [1.165, 1.54) is 6.07 Å². The van der Waals surface area contributed by atoms with Gasteiger partial charge in [0.25, 0.3) is 5.91 Å². The lowest BCUT2D eigenvalue weighted by molar-refractivity contribution is -0.108. The van der Waals surface area contributed by atoms with Crippen molar-refractivity contribution in [1.29, 1.82) is 0 Å². The number of rotatable bonds is 2. The third kappa shape index (κ3) is 2.07. The van der Waals surface area contributed by atoms with Crippen LogP contribution in [0.15, 0.2) is 24.3 Å². The van der Waals surface area contributed by atoms with Crippen LogP contribution in [0.3, 0.4) is 0 Å². The number of carbonyl (C=O) groups excluding carboxylic acids is 2. The summed E-state index contributed by atoms with van der Waals surface area (Å²) < 4.78 is 0. The number of amides is 2. The van der Waals surface area contributed by atoms with E-state index in [0.717, 1.165) is 0 Å². The highest BCUT2D eigenvalue weighted by Crippen LogP contribution is 2.09. The van der Waals surface area contributed by atoms with Gasteiger partial charge in [0.1, 0.15) is 0 Å². The summed E-state index contributed by atoms with van der Waals surface area (Å²) in [6.45, 7) is 0. The molecule has 1 N–H and O–H groups in total. The highest BCUT2D eigenvalue weighted by molar-refractivity contribution is 6.31. The Morgan fingerprint density at radius 2 is 2.25 bits per heavy atom. The number of hydrogen-bond acceptors (Lipinski definition) is 2. The molecule has 0 saturated carbocycles. The van der Waals surface area contributed by atoms with Crippen molar-refractivity contribution < 1.29 is 9.59 Å². The van der Waals surface area contributed by atoms with Crippen molar-refractivity contribution >= 4 is 23.9 Å². The van der Waals surface area contributed by atoms with Crippen LogP contribution < -0.4 is 5.32 Å². The fraction of sp³-hybridized carbons (Fsp3) is 0. The Morgan fingerprint density at radius 1 is 1.50 bits per heavy atom. The molecule has 3 nitrogen and oxygen atoms in total. The molecule has 1 aromatic carbocycles. The molecule has 0 unspecified atom stereocenters. The Hall–Kier alpha value is -1.35. The first-order valence-corrected chi connectivity index (χ1v) is 3.62. The molecule has 0 fully saturated rings. The zero-order chi connectivity index (χ0) is 8.97. The fourth-order valence-corrected chi connectivity index (χ4v) is 0.957. The minimum atomic E-state index is -0.451. The van der Waals surface area contributed by atoms with E-state index >= 15 is 0 Å². The maximum atomic E-state index is 11.0. The van der Waals surface area contributed by atoms with Gasteiger partial charge in [-0.15, -0.1) is 0 Å². The molecular weight excluding hydrogens is 178 g/mol. The lowest BCUT2D eigenvalue weighted by Gasteiger charge is -1.97. The van der Waals surface area contributed by atoms with Gasteiger partial charge in [0.15, 0.2) is 0 Å². The molecule has 0 aromatic heterocycles. The molecule has 1 rings (SSSR count). The lowest BCUT2D eigenvalue weighted by atomic mass is 10.2. The van der Waals surface area contributed by atoms with Crippen molar-refractivity contribution in [3.05, 3.63) is 34.9 Å². The first-order chi connectivity index (χ1) is 5.74. The van der Waals surface area contributed by atoms with Crippen LogP contribution in [0.5, 0.6) is 0 Å². The molecule has 0 aliphatic carbocycles. The van der Waals surface area contributed by atoms with Crippen LogP contribution in [0.2, 0.25) is 5.02 Å². The normalized spacial score (nSPS) is 9.08. The quantitative estimate of drug-likeness (QED) is 0.701. The van der Waals surface area contributed by atoms with E-state index in [9.17, 15) is 9.59 Å². The lowest BCUT2D eigenvalue weighted by Crippen LogP contribution is -2.20. The third-order valence-electron chi connectivity index (χ3n) is 1.28. The fourth-order valence-electron chi connectivity index (χ4n) is 0.767. The summed E-state index contributed by atoms with van der Waals surface area (Å²) in [4.78, 5) is 20.9. The monoisotopic (exact) mass is 183 g/mol. The SMILES string of the molecule is O=CNC(=O)c1cccc(Cl)c1. The summed E-state index contributed by atoms with van der Waals surface area (Å²) in [5.74, 6) is -0.451. The van der Waals surface area contributed by atoms with E-state index in [0.29, 0.717) is 17.0 Å². The van der Waals surface area contributed by atoms with Gasteiger partial charge >= 0.3 is 0 Å². The molecule has 0 heterocycles. The smallest absolute Gasteiger partial charge is 0.257 e. The first-order valence-electron chi connectivity index (χ1n) is 3.24. The molecule has 12 heavy (non-hydrogen) atoms. The predicted molar refractivity (Wildman–Crippen MR) is 45.0 cm³/mol. The van der Waals surface area contributed by atoms with Gasteiger partial charge in [0.05, 0.1) is 0 Å². The number of hydrogen-bond donors (Lipinski definition) is 1. The van der Waals surface area contributed by atoms with Crippen molar-refractivity contribution in [2.45, 2.75) is 0 Å². The minimum Gasteiger partial charge on any atom is -0.295 e. The minimum absolute atomic E-state index is 0.337. The molecule has 0 radical (unpaired) electrons. The van der Waals surface area contributed by atoms with Crippen molar-refractivity contribution in [3.63, 3.8) is 0 Å². The Kier molecular flexibility index (Phi) is 2.82. The Balaban J connectivity index is 2.87. The average molecular weight is 184 g/mol. The second kappa shape index (κ2) is 3.88. The molecule has 0 atom stereocenters. The van der Waals surface area contributed by atoms with Crippen LogP contribution in [0, 0.1) is 0 Å². The summed E-state index contributed by atoms with van der Waals surface area (Å²) in [6, 6.07) is 6.35. The first kappa shape index (κ1) is 8.74. The number of nitrogens with one attached hydrogen (secondary N) is 1. The molecular formula is C8H6ClNO2. The van der Waals surface area contributed by atoms with Crippen molar-refractivity contribution in [3.8, 4) is 0 Å². The van der Waals surface area contributed by atoms with E-state index in [4.69, 9.17) is 11.6 Å². The van der Waals surface area contributed by atoms with Gasteiger partial charge in [-0.25, -0.2) is 0 Å². The second-order valence-electron chi connectivity index (χ2n) is 2.10. The van der Waals surface area contributed by atoms with Crippen LogP contribution >= 0.6 is 11.6 Å². The van der Waals surface area contributed by atoms with Crippen LogP contribution in [0.1, 0.15) is 10.4 Å². The molecule has 62 valence electrons. The summed E-state index contributed by atoms with van der Waals surface area (Å²) in [7, 11) is 0. The van der Waals surface area contributed by atoms with Crippen LogP contribution in [-0.2, 0) is 4.79 Å². The number of halogens is 1. The molecule has 2 amide bonds. The van der Waals surface area contributed by atoms with Crippen molar-refractivity contribution in [2.75, 3.05) is 0 Å². The maximum absolute atomic E-state index is 11.0. The molecule has 0 spiro atoms. The predicted octanol–water partition coefficient (Wildman–Crippen LogP) is 1.23. The molecule has 0 bridgehead atoms. The van der Waals surface area contributed by atoms with E-state index in [1.54, 1.807) is 18.2 Å². The average Bonchev–Trinajstić information content (AvgIpc) is 2.05. The Labute approximate surface area is 74.3 Å². The highest BCUT2D eigenvalue weighted by Gasteiger charge is 2.02. The van der Waals surface area contributed by atoms with E-state index in [2.05, 4.69) is 0 Å². The number of imide groups is 1. The van der Waals surface area contributed by atoms with Crippen LogP contribution in [-0.4, -0.2) is 12.3 Å². The second-order valence-corrected chi connectivity index (χ2v) is 2.54. The largest absolute Gasteiger partial charge is 0.295 e. The molecule has 0 aliphatic rings. The van der Waals surface area contributed by atoms with Crippen molar-refractivity contribution in [2.24, 2.45) is 0 Å². The van der Waals surface area contributed by atoms with Gasteiger partial charge in [0.2, 0.25) is 6.41 Å². The summed E-state index contributed by atoms with van der Waals surface area (Å²) in [6.07, 6.45) is 0.337. The summed E-state index contributed by atoms with van der Waals surface area (Å²) in [5, 5.41) is 2.48. The molecule has 0 aliphatic heterocycles. The van der Waals surface area contributed by atoms with Gasteiger partial charge in [-0.05, 0) is 18.2 Å². The zero-order valence-corrected chi connectivity index (χ0v) is 6.84. The number of benzene rings is 1. The maximum Gasteiger partial charge on any atom is 0.257 e. The van der Waals surface area contributed by atoms with Crippen molar-refractivity contribution in [1.82, 2.24) is 5.32 Å². The number of carbonyl (C=O) groups is 2. The third-order valence-corrected chi connectivity index (χ3v) is 1.51. The van der Waals surface area contributed by atoms with E-state index in [-0.39, 0.29) is 0 Å².